The number of aromatic nitrogens is 4. The number of ether oxygens (including phenoxy) is 1. The zero-order valence-electron chi connectivity index (χ0n) is 19.0. The number of rotatable bonds is 6. The molecule has 168 valence electrons. The molecular formula is C26H25FN4O2. The molecule has 33 heavy (non-hydrogen) atoms. The van der Waals surface area contributed by atoms with E-state index in [9.17, 15) is 9.18 Å². The monoisotopic (exact) mass is 444 g/mol. The third kappa shape index (κ3) is 5.14. The molecule has 1 unspecified atom stereocenters. The Kier molecular flexibility index (Phi) is 6.31. The Bertz CT molecular complexity index is 1350. The molecule has 0 spiro atoms. The van der Waals surface area contributed by atoms with Crippen LogP contribution in [0.2, 0.25) is 0 Å². The van der Waals surface area contributed by atoms with Gasteiger partial charge in [-0.25, -0.2) is 4.39 Å². The van der Waals surface area contributed by atoms with Crippen molar-refractivity contribution in [1.29, 1.82) is 0 Å². The Balaban J connectivity index is 1.75. The van der Waals surface area contributed by atoms with Crippen LogP contribution < -0.4 is 10.3 Å². The summed E-state index contributed by atoms with van der Waals surface area (Å²) >= 11 is 0. The van der Waals surface area contributed by atoms with E-state index in [1.54, 1.807) is 38.4 Å². The van der Waals surface area contributed by atoms with E-state index in [0.717, 1.165) is 22.6 Å². The maximum Gasteiger partial charge on any atom is 0.322 e. The number of para-hydroxylation sites is 1. The van der Waals surface area contributed by atoms with Gasteiger partial charge in [0.15, 0.2) is 11.6 Å². The van der Waals surface area contributed by atoms with Gasteiger partial charge in [0.1, 0.15) is 0 Å². The SMILES string of the molecule is Cc1cccc(C(C)Cc2cc(-c3ccc(=O)n(C)c3)nc(Oc3c(C)cccc3F)n2)n1. The van der Waals surface area contributed by atoms with Gasteiger partial charge in [0.2, 0.25) is 5.56 Å². The summed E-state index contributed by atoms with van der Waals surface area (Å²) < 4.78 is 21.7. The van der Waals surface area contributed by atoms with Crippen LogP contribution in [0.3, 0.4) is 0 Å². The Hall–Kier alpha value is -3.87. The molecule has 0 aliphatic carbocycles. The summed E-state index contributed by atoms with van der Waals surface area (Å²) in [6.07, 6.45) is 2.29. The van der Waals surface area contributed by atoms with Crippen molar-refractivity contribution in [3.63, 3.8) is 0 Å². The number of halogens is 1. The van der Waals surface area contributed by atoms with Gasteiger partial charge in [-0.15, -0.1) is 0 Å². The number of aryl methyl sites for hydroxylation is 3. The van der Waals surface area contributed by atoms with Crippen molar-refractivity contribution in [2.24, 2.45) is 7.05 Å². The molecule has 0 saturated heterocycles. The Morgan fingerprint density at radius 3 is 2.55 bits per heavy atom. The molecule has 0 radical (unpaired) electrons. The first kappa shape index (κ1) is 22.3. The van der Waals surface area contributed by atoms with E-state index in [-0.39, 0.29) is 23.2 Å². The number of benzene rings is 1. The normalized spacial score (nSPS) is 11.9. The number of hydrogen-bond acceptors (Lipinski definition) is 5. The quantitative estimate of drug-likeness (QED) is 0.412. The predicted octanol–water partition coefficient (Wildman–Crippen LogP) is 5.13. The van der Waals surface area contributed by atoms with Gasteiger partial charge in [0.25, 0.3) is 0 Å². The zero-order valence-corrected chi connectivity index (χ0v) is 19.0. The lowest BCUT2D eigenvalue weighted by Crippen LogP contribution is -2.14. The van der Waals surface area contributed by atoms with Crippen LogP contribution in [0.1, 0.15) is 35.5 Å². The highest BCUT2D eigenvalue weighted by Gasteiger charge is 2.16. The second kappa shape index (κ2) is 9.32. The van der Waals surface area contributed by atoms with Crippen LogP contribution in [0.15, 0.2) is 65.6 Å². The zero-order chi connectivity index (χ0) is 23.5. The van der Waals surface area contributed by atoms with Crippen molar-refractivity contribution in [2.75, 3.05) is 0 Å². The Morgan fingerprint density at radius 1 is 1.03 bits per heavy atom. The van der Waals surface area contributed by atoms with E-state index in [0.29, 0.717) is 17.7 Å². The van der Waals surface area contributed by atoms with Gasteiger partial charge in [-0.1, -0.05) is 25.1 Å². The highest BCUT2D eigenvalue weighted by atomic mass is 19.1. The van der Waals surface area contributed by atoms with E-state index in [1.807, 2.05) is 31.2 Å². The molecule has 1 aromatic carbocycles. The van der Waals surface area contributed by atoms with E-state index in [2.05, 4.69) is 21.9 Å². The summed E-state index contributed by atoms with van der Waals surface area (Å²) in [7, 11) is 1.68. The fourth-order valence-electron chi connectivity index (χ4n) is 3.61. The van der Waals surface area contributed by atoms with Crippen LogP contribution in [0.25, 0.3) is 11.3 Å². The maximum absolute atomic E-state index is 14.4. The van der Waals surface area contributed by atoms with E-state index >= 15 is 0 Å². The lowest BCUT2D eigenvalue weighted by atomic mass is 10.00. The maximum atomic E-state index is 14.4. The third-order valence-corrected chi connectivity index (χ3v) is 5.43. The third-order valence-electron chi connectivity index (χ3n) is 5.43. The molecule has 0 amide bonds. The second-order valence-corrected chi connectivity index (χ2v) is 8.19. The van der Waals surface area contributed by atoms with Crippen LogP contribution in [0.4, 0.5) is 4.39 Å². The number of pyridine rings is 2. The molecule has 0 aliphatic heterocycles. The first-order valence-electron chi connectivity index (χ1n) is 10.7. The summed E-state index contributed by atoms with van der Waals surface area (Å²) in [4.78, 5) is 25.5. The molecule has 3 heterocycles. The van der Waals surface area contributed by atoms with Crippen molar-refractivity contribution >= 4 is 0 Å². The summed E-state index contributed by atoms with van der Waals surface area (Å²) in [6, 6.07) is 15.8. The van der Waals surface area contributed by atoms with Gasteiger partial charge < -0.3 is 9.30 Å². The lowest BCUT2D eigenvalue weighted by molar-refractivity contribution is 0.406. The number of nitrogens with zero attached hydrogens (tertiary/aromatic N) is 4. The predicted molar refractivity (Wildman–Crippen MR) is 125 cm³/mol. The van der Waals surface area contributed by atoms with Crippen LogP contribution in [-0.2, 0) is 13.5 Å². The van der Waals surface area contributed by atoms with Gasteiger partial charge >= 0.3 is 6.01 Å². The van der Waals surface area contributed by atoms with Gasteiger partial charge in [-0.05, 0) is 56.2 Å². The van der Waals surface area contributed by atoms with Crippen LogP contribution in [-0.4, -0.2) is 19.5 Å². The summed E-state index contributed by atoms with van der Waals surface area (Å²) in [5.41, 5.74) is 4.49. The summed E-state index contributed by atoms with van der Waals surface area (Å²) in [5, 5.41) is 0. The molecule has 7 heteroatoms. The van der Waals surface area contributed by atoms with Gasteiger partial charge in [-0.2, -0.15) is 9.97 Å². The smallest absolute Gasteiger partial charge is 0.322 e. The largest absolute Gasteiger partial charge is 0.421 e. The minimum Gasteiger partial charge on any atom is -0.421 e. The molecule has 0 saturated carbocycles. The minimum atomic E-state index is -0.481. The molecule has 6 nitrogen and oxygen atoms in total. The summed E-state index contributed by atoms with van der Waals surface area (Å²) in [5.74, 6) is -0.296. The lowest BCUT2D eigenvalue weighted by Gasteiger charge is -2.14. The number of hydrogen-bond donors (Lipinski definition) is 0. The van der Waals surface area contributed by atoms with E-state index in [4.69, 9.17) is 4.74 Å². The fraction of sp³-hybridized carbons (Fsp3) is 0.231. The van der Waals surface area contributed by atoms with Crippen molar-refractivity contribution in [1.82, 2.24) is 19.5 Å². The molecular weight excluding hydrogens is 419 g/mol. The van der Waals surface area contributed by atoms with Gasteiger partial charge in [0.05, 0.1) is 5.69 Å². The van der Waals surface area contributed by atoms with E-state index < -0.39 is 5.82 Å². The van der Waals surface area contributed by atoms with Crippen molar-refractivity contribution in [2.45, 2.75) is 33.1 Å². The van der Waals surface area contributed by atoms with E-state index in [1.165, 1.54) is 16.7 Å². The van der Waals surface area contributed by atoms with Crippen molar-refractivity contribution in [3.05, 3.63) is 99.6 Å². The van der Waals surface area contributed by atoms with Crippen molar-refractivity contribution < 1.29 is 9.13 Å². The highest BCUT2D eigenvalue weighted by molar-refractivity contribution is 5.58. The Labute approximate surface area is 191 Å². The Morgan fingerprint density at radius 2 is 1.82 bits per heavy atom. The van der Waals surface area contributed by atoms with Gasteiger partial charge in [-0.3, -0.25) is 9.78 Å². The standard InChI is InChI=1S/C26H25FN4O2/c1-16-7-5-9-21(27)25(16)33-26-29-20(13-17(2)22-10-6-8-18(3)28-22)14-23(30-26)19-11-12-24(32)31(4)15-19/h5-12,14-15,17H,13H2,1-4H3. The molecule has 3 aromatic heterocycles. The average Bonchev–Trinajstić information content (AvgIpc) is 2.78. The summed E-state index contributed by atoms with van der Waals surface area (Å²) in [6.45, 7) is 5.81. The highest BCUT2D eigenvalue weighted by Crippen LogP contribution is 2.29. The van der Waals surface area contributed by atoms with Crippen LogP contribution >= 0.6 is 0 Å². The van der Waals surface area contributed by atoms with Crippen LogP contribution in [0, 0.1) is 19.7 Å². The van der Waals surface area contributed by atoms with Crippen molar-refractivity contribution in [3.8, 4) is 23.0 Å². The topological polar surface area (TPSA) is 69.9 Å². The first-order chi connectivity index (χ1) is 15.8. The molecule has 0 aliphatic rings. The second-order valence-electron chi connectivity index (χ2n) is 8.19. The fourth-order valence-corrected chi connectivity index (χ4v) is 3.61. The van der Waals surface area contributed by atoms with Crippen LogP contribution in [0.5, 0.6) is 11.8 Å². The molecule has 4 aromatic rings. The molecule has 4 rings (SSSR count). The molecule has 0 N–H and O–H groups in total. The molecule has 1 atom stereocenters. The average molecular weight is 445 g/mol. The minimum absolute atomic E-state index is 0.0500. The molecule has 0 fully saturated rings. The molecule has 0 bridgehead atoms. The first-order valence-corrected chi connectivity index (χ1v) is 10.7. The van der Waals surface area contributed by atoms with Gasteiger partial charge in [0, 0.05) is 47.9 Å².